The summed E-state index contributed by atoms with van der Waals surface area (Å²) in [6, 6.07) is 4.94. The highest BCUT2D eigenvalue weighted by atomic mass is 32.1. The second kappa shape index (κ2) is 7.85. The van der Waals surface area contributed by atoms with E-state index in [4.69, 9.17) is 5.73 Å². The standard InChI is InChI=1S/C14H26N2S/c1-4-6-13(9-15)10-16(12(2)3)11-14-7-5-8-17-14/h5,7-8,12-13H,4,6,9-11,15H2,1-3H3. The van der Waals surface area contributed by atoms with Gasteiger partial charge in [-0.2, -0.15) is 0 Å². The van der Waals surface area contributed by atoms with Crippen LogP contribution in [-0.4, -0.2) is 24.0 Å². The van der Waals surface area contributed by atoms with E-state index in [1.807, 2.05) is 11.3 Å². The summed E-state index contributed by atoms with van der Waals surface area (Å²) in [4.78, 5) is 3.99. The molecule has 1 heterocycles. The van der Waals surface area contributed by atoms with Crippen molar-refractivity contribution in [1.82, 2.24) is 4.90 Å². The molecule has 1 unspecified atom stereocenters. The van der Waals surface area contributed by atoms with Crippen LogP contribution in [0.4, 0.5) is 0 Å². The fourth-order valence-electron chi connectivity index (χ4n) is 2.08. The van der Waals surface area contributed by atoms with Crippen LogP contribution in [0.2, 0.25) is 0 Å². The lowest BCUT2D eigenvalue weighted by molar-refractivity contribution is 0.177. The summed E-state index contributed by atoms with van der Waals surface area (Å²) in [7, 11) is 0. The van der Waals surface area contributed by atoms with Gasteiger partial charge in [0, 0.05) is 24.0 Å². The highest BCUT2D eigenvalue weighted by Gasteiger charge is 2.15. The summed E-state index contributed by atoms with van der Waals surface area (Å²) in [5.41, 5.74) is 5.86. The third-order valence-electron chi connectivity index (χ3n) is 3.19. The predicted octanol–water partition coefficient (Wildman–Crippen LogP) is 3.33. The van der Waals surface area contributed by atoms with E-state index in [2.05, 4.69) is 43.2 Å². The van der Waals surface area contributed by atoms with E-state index < -0.39 is 0 Å². The Labute approximate surface area is 110 Å². The van der Waals surface area contributed by atoms with Gasteiger partial charge in [-0.05, 0) is 44.2 Å². The summed E-state index contributed by atoms with van der Waals surface area (Å²) in [5, 5.41) is 2.15. The molecular formula is C14H26N2S. The topological polar surface area (TPSA) is 29.3 Å². The number of hydrogen-bond donors (Lipinski definition) is 1. The lowest BCUT2D eigenvalue weighted by atomic mass is 10.0. The van der Waals surface area contributed by atoms with Crippen molar-refractivity contribution in [2.75, 3.05) is 13.1 Å². The molecule has 0 aliphatic carbocycles. The van der Waals surface area contributed by atoms with E-state index in [1.54, 1.807) is 0 Å². The maximum atomic E-state index is 5.86. The molecule has 0 aliphatic heterocycles. The number of nitrogens with two attached hydrogens (primary N) is 1. The zero-order valence-corrected chi connectivity index (χ0v) is 12.2. The van der Waals surface area contributed by atoms with Gasteiger partial charge in [0.05, 0.1) is 0 Å². The molecule has 0 saturated heterocycles. The third kappa shape index (κ3) is 5.19. The first-order valence-electron chi connectivity index (χ1n) is 6.63. The maximum Gasteiger partial charge on any atom is 0.0330 e. The average molecular weight is 254 g/mol. The Hall–Kier alpha value is -0.380. The van der Waals surface area contributed by atoms with Crippen molar-refractivity contribution in [3.05, 3.63) is 22.4 Å². The fourth-order valence-corrected chi connectivity index (χ4v) is 2.81. The number of rotatable bonds is 8. The molecule has 1 atom stereocenters. The maximum absolute atomic E-state index is 5.86. The fraction of sp³-hybridized carbons (Fsp3) is 0.714. The molecule has 1 aromatic rings. The van der Waals surface area contributed by atoms with Gasteiger partial charge >= 0.3 is 0 Å². The molecule has 1 aromatic heterocycles. The molecule has 0 radical (unpaired) electrons. The lowest BCUT2D eigenvalue weighted by Crippen LogP contribution is -2.37. The molecule has 0 amide bonds. The van der Waals surface area contributed by atoms with Gasteiger partial charge in [0.25, 0.3) is 0 Å². The van der Waals surface area contributed by atoms with Crippen LogP contribution in [0.5, 0.6) is 0 Å². The minimum Gasteiger partial charge on any atom is -0.330 e. The normalized spacial score (nSPS) is 13.5. The minimum absolute atomic E-state index is 0.586. The van der Waals surface area contributed by atoms with E-state index in [9.17, 15) is 0 Å². The van der Waals surface area contributed by atoms with Gasteiger partial charge < -0.3 is 5.73 Å². The Kier molecular flexibility index (Phi) is 6.78. The third-order valence-corrected chi connectivity index (χ3v) is 4.05. The Morgan fingerprint density at radius 2 is 2.18 bits per heavy atom. The molecular weight excluding hydrogens is 228 g/mol. The smallest absolute Gasteiger partial charge is 0.0330 e. The molecule has 2 N–H and O–H groups in total. The van der Waals surface area contributed by atoms with Crippen LogP contribution in [0.1, 0.15) is 38.5 Å². The summed E-state index contributed by atoms with van der Waals surface area (Å²) in [6.07, 6.45) is 2.47. The molecule has 0 aromatic carbocycles. The SMILES string of the molecule is CCCC(CN)CN(Cc1cccs1)C(C)C. The highest BCUT2D eigenvalue weighted by Crippen LogP contribution is 2.16. The first-order valence-corrected chi connectivity index (χ1v) is 7.51. The van der Waals surface area contributed by atoms with Crippen molar-refractivity contribution in [1.29, 1.82) is 0 Å². The largest absolute Gasteiger partial charge is 0.330 e. The van der Waals surface area contributed by atoms with E-state index in [0.29, 0.717) is 12.0 Å². The first-order chi connectivity index (χ1) is 8.17. The van der Waals surface area contributed by atoms with Gasteiger partial charge in [-0.1, -0.05) is 19.4 Å². The van der Waals surface area contributed by atoms with Gasteiger partial charge in [0.2, 0.25) is 0 Å². The Morgan fingerprint density at radius 1 is 1.41 bits per heavy atom. The van der Waals surface area contributed by atoms with Crippen LogP contribution < -0.4 is 5.73 Å². The van der Waals surface area contributed by atoms with Crippen molar-refractivity contribution in [2.45, 2.75) is 46.2 Å². The zero-order chi connectivity index (χ0) is 12.7. The van der Waals surface area contributed by atoms with Gasteiger partial charge in [0.1, 0.15) is 0 Å². The van der Waals surface area contributed by atoms with Crippen LogP contribution in [-0.2, 0) is 6.54 Å². The molecule has 0 saturated carbocycles. The second-order valence-electron chi connectivity index (χ2n) is 4.99. The molecule has 0 fully saturated rings. The molecule has 0 bridgehead atoms. The van der Waals surface area contributed by atoms with Gasteiger partial charge in [-0.25, -0.2) is 0 Å². The van der Waals surface area contributed by atoms with Crippen molar-refractivity contribution in [3.63, 3.8) is 0 Å². The van der Waals surface area contributed by atoms with E-state index in [-0.39, 0.29) is 0 Å². The number of nitrogens with zero attached hydrogens (tertiary/aromatic N) is 1. The van der Waals surface area contributed by atoms with Crippen molar-refractivity contribution < 1.29 is 0 Å². The summed E-state index contributed by atoms with van der Waals surface area (Å²) >= 11 is 1.84. The van der Waals surface area contributed by atoms with Crippen LogP contribution in [0.15, 0.2) is 17.5 Å². The Balaban J connectivity index is 2.53. The monoisotopic (exact) mass is 254 g/mol. The summed E-state index contributed by atoms with van der Waals surface area (Å²) in [6.45, 7) is 9.78. The van der Waals surface area contributed by atoms with E-state index in [0.717, 1.165) is 19.6 Å². The molecule has 98 valence electrons. The van der Waals surface area contributed by atoms with Crippen LogP contribution in [0, 0.1) is 5.92 Å². The zero-order valence-electron chi connectivity index (χ0n) is 11.4. The second-order valence-corrected chi connectivity index (χ2v) is 6.03. The minimum atomic E-state index is 0.586. The predicted molar refractivity (Wildman–Crippen MR) is 77.3 cm³/mol. The van der Waals surface area contributed by atoms with Gasteiger partial charge in [0.15, 0.2) is 0 Å². The molecule has 1 rings (SSSR count). The average Bonchev–Trinajstić information content (AvgIpc) is 2.79. The summed E-state index contributed by atoms with van der Waals surface area (Å²) < 4.78 is 0. The van der Waals surface area contributed by atoms with Crippen molar-refractivity contribution >= 4 is 11.3 Å². The Bertz CT molecular complexity index is 282. The lowest BCUT2D eigenvalue weighted by Gasteiger charge is -2.29. The Morgan fingerprint density at radius 3 is 2.65 bits per heavy atom. The van der Waals surface area contributed by atoms with Crippen molar-refractivity contribution in [2.24, 2.45) is 11.7 Å². The summed E-state index contributed by atoms with van der Waals surface area (Å²) in [5.74, 6) is 0.641. The number of thiophene rings is 1. The van der Waals surface area contributed by atoms with Crippen molar-refractivity contribution in [3.8, 4) is 0 Å². The molecule has 17 heavy (non-hydrogen) atoms. The number of hydrogen-bond acceptors (Lipinski definition) is 3. The van der Waals surface area contributed by atoms with Crippen LogP contribution in [0.25, 0.3) is 0 Å². The molecule has 2 nitrogen and oxygen atoms in total. The van der Waals surface area contributed by atoms with Gasteiger partial charge in [-0.3, -0.25) is 4.90 Å². The molecule has 0 spiro atoms. The quantitative estimate of drug-likeness (QED) is 0.771. The first kappa shape index (κ1) is 14.7. The molecule has 3 heteroatoms. The van der Waals surface area contributed by atoms with Crippen LogP contribution >= 0.6 is 11.3 Å². The van der Waals surface area contributed by atoms with E-state index in [1.165, 1.54) is 17.7 Å². The molecule has 0 aliphatic rings. The van der Waals surface area contributed by atoms with Gasteiger partial charge in [-0.15, -0.1) is 11.3 Å². The van der Waals surface area contributed by atoms with Crippen LogP contribution in [0.3, 0.4) is 0 Å². The highest BCUT2D eigenvalue weighted by molar-refractivity contribution is 7.09. The van der Waals surface area contributed by atoms with E-state index >= 15 is 0 Å².